The van der Waals surface area contributed by atoms with Gasteiger partial charge in [-0.05, 0) is 52.0 Å². The number of hydrogen-bond donors (Lipinski definition) is 1. The maximum absolute atomic E-state index is 12.1. The van der Waals surface area contributed by atoms with Crippen molar-refractivity contribution < 1.29 is 9.53 Å². The summed E-state index contributed by atoms with van der Waals surface area (Å²) in [6, 6.07) is 6.97. The quantitative estimate of drug-likeness (QED) is 0.681. The largest absolute Gasteiger partial charge is 0.491 e. The first-order valence-electron chi connectivity index (χ1n) is 7.48. The number of nitrogens with one attached hydrogen (secondary N) is 1. The number of carbonyl (C=O) groups excluding carboxylic acids is 1. The second-order valence-electron chi connectivity index (χ2n) is 5.60. The molecule has 0 atom stereocenters. The monoisotopic (exact) mass is 314 g/mol. The van der Waals surface area contributed by atoms with Crippen LogP contribution in [0, 0.1) is 13.8 Å². The summed E-state index contributed by atoms with van der Waals surface area (Å²) >= 11 is 0. The summed E-state index contributed by atoms with van der Waals surface area (Å²) in [7, 11) is 1.87. The van der Waals surface area contributed by atoms with Gasteiger partial charge in [-0.1, -0.05) is 0 Å². The van der Waals surface area contributed by atoms with Crippen LogP contribution < -0.4 is 10.2 Å². The Kier molecular flexibility index (Phi) is 5.16. The van der Waals surface area contributed by atoms with Gasteiger partial charge in [0.2, 0.25) is 0 Å². The Labute approximate surface area is 136 Å². The number of ether oxygens (including phenoxy) is 1. The molecule has 0 saturated heterocycles. The Bertz CT molecular complexity index is 715. The SMILES string of the molecule is Cc1nn(C)c(C)c1/C=N\NC(=O)c1ccc(OC(C)C)cc1. The first-order valence-corrected chi connectivity index (χ1v) is 7.48. The number of benzene rings is 1. The van der Waals surface area contributed by atoms with E-state index in [1.807, 2.05) is 34.7 Å². The van der Waals surface area contributed by atoms with Crippen molar-refractivity contribution in [2.75, 3.05) is 0 Å². The molecular formula is C17H22N4O2. The molecule has 6 heteroatoms. The van der Waals surface area contributed by atoms with Crippen LogP contribution in [0.15, 0.2) is 29.4 Å². The Morgan fingerprint density at radius 1 is 1.30 bits per heavy atom. The first kappa shape index (κ1) is 16.7. The Balaban J connectivity index is 2.00. The zero-order valence-corrected chi connectivity index (χ0v) is 14.1. The summed E-state index contributed by atoms with van der Waals surface area (Å²) in [4.78, 5) is 12.1. The molecular weight excluding hydrogens is 292 g/mol. The van der Waals surface area contributed by atoms with Crippen LogP contribution in [0.4, 0.5) is 0 Å². The van der Waals surface area contributed by atoms with Crippen molar-refractivity contribution in [1.82, 2.24) is 15.2 Å². The van der Waals surface area contributed by atoms with E-state index in [0.717, 1.165) is 22.7 Å². The fraction of sp³-hybridized carbons (Fsp3) is 0.353. The molecule has 1 N–H and O–H groups in total. The van der Waals surface area contributed by atoms with Crippen LogP contribution >= 0.6 is 0 Å². The highest BCUT2D eigenvalue weighted by Gasteiger charge is 2.08. The molecule has 0 spiro atoms. The topological polar surface area (TPSA) is 68.5 Å². The zero-order valence-electron chi connectivity index (χ0n) is 14.1. The molecule has 1 aromatic carbocycles. The predicted octanol–water partition coefficient (Wildman–Crippen LogP) is 2.59. The molecule has 0 aliphatic heterocycles. The molecule has 0 fully saturated rings. The molecule has 23 heavy (non-hydrogen) atoms. The lowest BCUT2D eigenvalue weighted by molar-refractivity contribution is 0.0955. The Morgan fingerprint density at radius 2 is 1.96 bits per heavy atom. The van der Waals surface area contributed by atoms with Gasteiger partial charge in [0.1, 0.15) is 5.75 Å². The third-order valence-corrected chi connectivity index (χ3v) is 3.41. The lowest BCUT2D eigenvalue weighted by Crippen LogP contribution is -2.17. The van der Waals surface area contributed by atoms with E-state index in [1.165, 1.54) is 0 Å². The standard InChI is InChI=1S/C17H22N4O2/c1-11(2)23-15-8-6-14(7-9-15)17(22)19-18-10-16-12(3)20-21(5)13(16)4/h6-11H,1-5H3,(H,19,22)/b18-10-. The number of rotatable bonds is 5. The number of amides is 1. The van der Waals surface area contributed by atoms with Gasteiger partial charge in [-0.25, -0.2) is 5.43 Å². The Morgan fingerprint density at radius 3 is 2.48 bits per heavy atom. The van der Waals surface area contributed by atoms with Crippen LogP contribution in [0.2, 0.25) is 0 Å². The molecule has 1 aromatic heterocycles. The maximum Gasteiger partial charge on any atom is 0.271 e. The average molecular weight is 314 g/mol. The Hall–Kier alpha value is -2.63. The third-order valence-electron chi connectivity index (χ3n) is 3.41. The molecule has 0 bridgehead atoms. The minimum atomic E-state index is -0.267. The molecule has 0 unspecified atom stereocenters. The molecule has 1 amide bonds. The van der Waals surface area contributed by atoms with E-state index in [0.29, 0.717) is 5.56 Å². The van der Waals surface area contributed by atoms with Crippen molar-refractivity contribution in [2.45, 2.75) is 33.8 Å². The number of aryl methyl sites for hydroxylation is 2. The molecule has 2 aromatic rings. The van der Waals surface area contributed by atoms with E-state index in [4.69, 9.17) is 4.74 Å². The second kappa shape index (κ2) is 7.09. The first-order chi connectivity index (χ1) is 10.9. The lowest BCUT2D eigenvalue weighted by Gasteiger charge is -2.09. The number of hydrogen-bond acceptors (Lipinski definition) is 4. The number of nitrogens with zero attached hydrogens (tertiary/aromatic N) is 3. The van der Waals surface area contributed by atoms with Gasteiger partial charge >= 0.3 is 0 Å². The number of carbonyl (C=O) groups is 1. The predicted molar refractivity (Wildman–Crippen MR) is 89.9 cm³/mol. The number of aromatic nitrogens is 2. The average Bonchev–Trinajstić information content (AvgIpc) is 2.73. The summed E-state index contributed by atoms with van der Waals surface area (Å²) in [5.41, 5.74) is 5.83. The molecule has 0 radical (unpaired) electrons. The molecule has 2 rings (SSSR count). The minimum absolute atomic E-state index is 0.102. The third kappa shape index (κ3) is 4.18. The molecule has 6 nitrogen and oxygen atoms in total. The molecule has 0 saturated carbocycles. The highest BCUT2D eigenvalue weighted by Crippen LogP contribution is 2.14. The molecule has 0 aliphatic rings. The fourth-order valence-electron chi connectivity index (χ4n) is 2.15. The summed E-state index contributed by atoms with van der Waals surface area (Å²) in [6.45, 7) is 7.77. The van der Waals surface area contributed by atoms with E-state index in [2.05, 4.69) is 15.6 Å². The molecule has 0 aliphatic carbocycles. The van der Waals surface area contributed by atoms with Gasteiger partial charge in [-0.3, -0.25) is 9.48 Å². The van der Waals surface area contributed by atoms with Crippen molar-refractivity contribution in [3.8, 4) is 5.75 Å². The van der Waals surface area contributed by atoms with Gasteiger partial charge in [0, 0.05) is 23.9 Å². The summed E-state index contributed by atoms with van der Waals surface area (Å²) < 4.78 is 7.33. The van der Waals surface area contributed by atoms with Crippen molar-refractivity contribution in [1.29, 1.82) is 0 Å². The van der Waals surface area contributed by atoms with Gasteiger partial charge in [-0.2, -0.15) is 10.2 Å². The van der Waals surface area contributed by atoms with Crippen molar-refractivity contribution in [2.24, 2.45) is 12.1 Å². The smallest absolute Gasteiger partial charge is 0.271 e. The van der Waals surface area contributed by atoms with Crippen LogP contribution in [0.5, 0.6) is 5.75 Å². The van der Waals surface area contributed by atoms with Crippen LogP contribution in [0.3, 0.4) is 0 Å². The maximum atomic E-state index is 12.1. The van der Waals surface area contributed by atoms with Crippen molar-refractivity contribution in [3.63, 3.8) is 0 Å². The highest BCUT2D eigenvalue weighted by atomic mass is 16.5. The second-order valence-corrected chi connectivity index (χ2v) is 5.60. The molecule has 122 valence electrons. The van der Waals surface area contributed by atoms with E-state index < -0.39 is 0 Å². The van der Waals surface area contributed by atoms with Crippen LogP contribution in [-0.4, -0.2) is 28.0 Å². The van der Waals surface area contributed by atoms with Crippen LogP contribution in [-0.2, 0) is 7.05 Å². The normalized spacial score (nSPS) is 11.2. The fourth-order valence-corrected chi connectivity index (χ4v) is 2.15. The van der Waals surface area contributed by atoms with Gasteiger partial charge < -0.3 is 4.74 Å². The van der Waals surface area contributed by atoms with E-state index in [9.17, 15) is 4.79 Å². The summed E-state index contributed by atoms with van der Waals surface area (Å²) in [5.74, 6) is 0.471. The zero-order chi connectivity index (χ0) is 17.0. The highest BCUT2D eigenvalue weighted by molar-refractivity contribution is 5.95. The van der Waals surface area contributed by atoms with Gasteiger partial charge in [-0.15, -0.1) is 0 Å². The van der Waals surface area contributed by atoms with Crippen molar-refractivity contribution >= 4 is 12.1 Å². The van der Waals surface area contributed by atoms with Gasteiger partial charge in [0.15, 0.2) is 0 Å². The lowest BCUT2D eigenvalue weighted by atomic mass is 10.2. The van der Waals surface area contributed by atoms with E-state index in [1.54, 1.807) is 35.2 Å². The van der Waals surface area contributed by atoms with E-state index in [-0.39, 0.29) is 12.0 Å². The van der Waals surface area contributed by atoms with Crippen LogP contribution in [0.25, 0.3) is 0 Å². The van der Waals surface area contributed by atoms with E-state index >= 15 is 0 Å². The minimum Gasteiger partial charge on any atom is -0.491 e. The molecule has 1 heterocycles. The summed E-state index contributed by atoms with van der Waals surface area (Å²) in [5, 5.41) is 8.31. The van der Waals surface area contributed by atoms with Gasteiger partial charge in [0.05, 0.1) is 18.0 Å². The van der Waals surface area contributed by atoms with Gasteiger partial charge in [0.25, 0.3) is 5.91 Å². The van der Waals surface area contributed by atoms with Crippen molar-refractivity contribution in [3.05, 3.63) is 46.8 Å². The summed E-state index contributed by atoms with van der Waals surface area (Å²) in [6.07, 6.45) is 1.72. The van der Waals surface area contributed by atoms with Crippen LogP contribution in [0.1, 0.15) is 41.2 Å². The number of hydrazone groups is 1.